The molecular weight excluding hydrogens is 312 g/mol. The highest BCUT2D eigenvalue weighted by Crippen LogP contribution is 2.26. The van der Waals surface area contributed by atoms with Crippen LogP contribution in [0.5, 0.6) is 0 Å². The zero-order valence-electron chi connectivity index (χ0n) is 14.2. The summed E-state index contributed by atoms with van der Waals surface area (Å²) in [7, 11) is 1.32. The van der Waals surface area contributed by atoms with Crippen LogP contribution in [0.3, 0.4) is 0 Å². The van der Waals surface area contributed by atoms with E-state index in [0.29, 0.717) is 31.7 Å². The van der Waals surface area contributed by atoms with E-state index in [9.17, 15) is 14.4 Å². The summed E-state index contributed by atoms with van der Waals surface area (Å²) in [5, 5.41) is 6.84. The van der Waals surface area contributed by atoms with Crippen LogP contribution in [0.25, 0.3) is 0 Å². The molecule has 3 rings (SSSR count). The van der Waals surface area contributed by atoms with Crippen molar-refractivity contribution in [1.82, 2.24) is 20.0 Å². The monoisotopic (exact) mass is 334 g/mol. The maximum absolute atomic E-state index is 12.7. The summed E-state index contributed by atoms with van der Waals surface area (Å²) in [5.74, 6) is -0.729. The minimum absolute atomic E-state index is 0.00799. The molecule has 8 nitrogen and oxygen atoms in total. The Morgan fingerprint density at radius 1 is 1.38 bits per heavy atom. The number of esters is 1. The van der Waals surface area contributed by atoms with Crippen molar-refractivity contribution in [3.8, 4) is 0 Å². The topological polar surface area (TPSA) is 95.6 Å². The second kappa shape index (κ2) is 6.26. The number of hydrogen-bond acceptors (Lipinski definition) is 5. The van der Waals surface area contributed by atoms with Gasteiger partial charge in [-0.05, 0) is 20.3 Å². The summed E-state index contributed by atoms with van der Waals surface area (Å²) in [6.45, 7) is 5.29. The van der Waals surface area contributed by atoms with Crippen LogP contribution in [0.15, 0.2) is 0 Å². The molecule has 2 aliphatic heterocycles. The predicted molar refractivity (Wildman–Crippen MR) is 84.0 cm³/mol. The molecule has 3 heterocycles. The first-order chi connectivity index (χ1) is 11.4. The fourth-order valence-corrected chi connectivity index (χ4v) is 3.43. The van der Waals surface area contributed by atoms with Gasteiger partial charge in [-0.3, -0.25) is 14.7 Å². The molecule has 1 atom stereocenters. The number of hydrogen-bond donors (Lipinski definition) is 1. The Bertz CT molecular complexity index is 682. The van der Waals surface area contributed by atoms with Gasteiger partial charge in [-0.2, -0.15) is 5.10 Å². The Balaban J connectivity index is 1.70. The molecule has 0 saturated carbocycles. The number of aromatic amines is 1. The molecule has 0 bridgehead atoms. The van der Waals surface area contributed by atoms with E-state index in [4.69, 9.17) is 4.74 Å². The van der Waals surface area contributed by atoms with Gasteiger partial charge in [0.05, 0.1) is 25.3 Å². The molecule has 1 fully saturated rings. The first-order valence-electron chi connectivity index (χ1n) is 8.15. The van der Waals surface area contributed by atoms with Gasteiger partial charge in [0, 0.05) is 31.1 Å². The van der Waals surface area contributed by atoms with Gasteiger partial charge in [-0.1, -0.05) is 0 Å². The number of fused-ring (bicyclic) bond motifs is 1. The largest absolute Gasteiger partial charge is 0.464 e. The Labute approximate surface area is 140 Å². The van der Waals surface area contributed by atoms with Gasteiger partial charge in [-0.25, -0.2) is 4.79 Å². The number of methoxy groups -OCH3 is 1. The van der Waals surface area contributed by atoms with Gasteiger partial charge in [0.15, 0.2) is 5.69 Å². The standard InChI is InChI=1S/C16H22N4O4/c1-9(2)20-7-10(6-13(20)21)15(22)19-5-4-11-12(8-19)17-18-14(11)16(23)24-3/h9-10H,4-8H2,1-3H3,(H,17,18). The molecule has 24 heavy (non-hydrogen) atoms. The van der Waals surface area contributed by atoms with Crippen molar-refractivity contribution in [2.75, 3.05) is 20.2 Å². The van der Waals surface area contributed by atoms with E-state index in [-0.39, 0.29) is 30.2 Å². The fourth-order valence-electron chi connectivity index (χ4n) is 3.43. The number of H-pyrrole nitrogens is 1. The van der Waals surface area contributed by atoms with Crippen molar-refractivity contribution in [3.05, 3.63) is 17.0 Å². The third-order valence-electron chi connectivity index (χ3n) is 4.75. The summed E-state index contributed by atoms with van der Waals surface area (Å²) >= 11 is 0. The highest BCUT2D eigenvalue weighted by Gasteiger charge is 2.38. The zero-order chi connectivity index (χ0) is 17.4. The Kier molecular flexibility index (Phi) is 4.29. The van der Waals surface area contributed by atoms with Crippen molar-refractivity contribution < 1.29 is 19.1 Å². The number of likely N-dealkylation sites (tertiary alicyclic amines) is 1. The number of nitrogens with one attached hydrogen (secondary N) is 1. The highest BCUT2D eigenvalue weighted by atomic mass is 16.5. The number of carbonyl (C=O) groups excluding carboxylic acids is 3. The number of aromatic nitrogens is 2. The van der Waals surface area contributed by atoms with Crippen LogP contribution < -0.4 is 0 Å². The smallest absolute Gasteiger partial charge is 0.358 e. The van der Waals surface area contributed by atoms with Gasteiger partial charge in [-0.15, -0.1) is 0 Å². The Morgan fingerprint density at radius 2 is 2.12 bits per heavy atom. The van der Waals surface area contributed by atoms with Crippen LogP contribution in [0.2, 0.25) is 0 Å². The quantitative estimate of drug-likeness (QED) is 0.804. The number of rotatable bonds is 3. The summed E-state index contributed by atoms with van der Waals surface area (Å²) in [4.78, 5) is 39.9. The minimum Gasteiger partial charge on any atom is -0.464 e. The van der Waals surface area contributed by atoms with E-state index < -0.39 is 5.97 Å². The molecule has 0 spiro atoms. The molecular formula is C16H22N4O4. The van der Waals surface area contributed by atoms with Crippen LogP contribution in [0.4, 0.5) is 0 Å². The number of carbonyl (C=O) groups is 3. The van der Waals surface area contributed by atoms with Crippen LogP contribution in [0.1, 0.15) is 42.0 Å². The summed E-state index contributed by atoms with van der Waals surface area (Å²) in [6, 6.07) is 0.110. The molecule has 0 aromatic carbocycles. The third kappa shape index (κ3) is 2.76. The number of ether oxygens (including phenoxy) is 1. The lowest BCUT2D eigenvalue weighted by Gasteiger charge is -2.29. The molecule has 8 heteroatoms. The lowest BCUT2D eigenvalue weighted by molar-refractivity contribution is -0.136. The van der Waals surface area contributed by atoms with Crippen LogP contribution >= 0.6 is 0 Å². The van der Waals surface area contributed by atoms with Crippen molar-refractivity contribution in [2.24, 2.45) is 5.92 Å². The Morgan fingerprint density at radius 3 is 2.75 bits per heavy atom. The second-order valence-electron chi connectivity index (χ2n) is 6.57. The molecule has 1 N–H and O–H groups in total. The molecule has 0 aliphatic carbocycles. The number of amides is 2. The molecule has 1 aromatic rings. The molecule has 2 aliphatic rings. The molecule has 2 amide bonds. The van der Waals surface area contributed by atoms with Crippen LogP contribution in [0, 0.1) is 5.92 Å². The molecule has 0 radical (unpaired) electrons. The predicted octanol–water partition coefficient (Wildman–Crippen LogP) is 0.338. The van der Waals surface area contributed by atoms with E-state index in [1.165, 1.54) is 7.11 Å². The van der Waals surface area contributed by atoms with Crippen LogP contribution in [-0.2, 0) is 27.3 Å². The highest BCUT2D eigenvalue weighted by molar-refractivity contribution is 5.90. The number of nitrogens with zero attached hydrogens (tertiary/aromatic N) is 3. The van der Waals surface area contributed by atoms with Gasteiger partial charge >= 0.3 is 5.97 Å². The zero-order valence-corrected chi connectivity index (χ0v) is 14.2. The fraction of sp³-hybridized carbons (Fsp3) is 0.625. The maximum Gasteiger partial charge on any atom is 0.358 e. The van der Waals surface area contributed by atoms with E-state index >= 15 is 0 Å². The lowest BCUT2D eigenvalue weighted by Crippen LogP contribution is -2.41. The van der Waals surface area contributed by atoms with Crippen molar-refractivity contribution in [3.63, 3.8) is 0 Å². The van der Waals surface area contributed by atoms with Crippen molar-refractivity contribution >= 4 is 17.8 Å². The minimum atomic E-state index is -0.471. The summed E-state index contributed by atoms with van der Waals surface area (Å²) in [5.41, 5.74) is 1.87. The Hall–Kier alpha value is -2.38. The van der Waals surface area contributed by atoms with Gasteiger partial charge in [0.25, 0.3) is 0 Å². The summed E-state index contributed by atoms with van der Waals surface area (Å²) < 4.78 is 4.72. The van der Waals surface area contributed by atoms with Gasteiger partial charge in [0.1, 0.15) is 0 Å². The SMILES string of the molecule is COC(=O)c1n[nH]c2c1CCN(C(=O)C1CC(=O)N(C(C)C)C1)C2. The molecule has 1 aromatic heterocycles. The third-order valence-corrected chi connectivity index (χ3v) is 4.75. The first-order valence-corrected chi connectivity index (χ1v) is 8.15. The van der Waals surface area contributed by atoms with E-state index in [1.807, 2.05) is 13.8 Å². The van der Waals surface area contributed by atoms with Crippen LogP contribution in [-0.4, -0.2) is 64.0 Å². The first kappa shape index (κ1) is 16.5. The molecule has 1 unspecified atom stereocenters. The van der Waals surface area contributed by atoms with Gasteiger partial charge in [0.2, 0.25) is 11.8 Å². The van der Waals surface area contributed by atoms with Crippen molar-refractivity contribution in [2.45, 2.75) is 39.3 Å². The van der Waals surface area contributed by atoms with E-state index in [0.717, 1.165) is 11.3 Å². The molecule has 1 saturated heterocycles. The maximum atomic E-state index is 12.7. The molecule has 130 valence electrons. The second-order valence-corrected chi connectivity index (χ2v) is 6.57. The average molecular weight is 334 g/mol. The van der Waals surface area contributed by atoms with Crippen molar-refractivity contribution in [1.29, 1.82) is 0 Å². The average Bonchev–Trinajstić information content (AvgIpc) is 3.16. The summed E-state index contributed by atoms with van der Waals surface area (Å²) in [6.07, 6.45) is 0.827. The van der Waals surface area contributed by atoms with E-state index in [2.05, 4.69) is 10.2 Å². The normalized spacial score (nSPS) is 20.5. The van der Waals surface area contributed by atoms with Gasteiger partial charge < -0.3 is 14.5 Å². The van der Waals surface area contributed by atoms with E-state index in [1.54, 1.807) is 9.80 Å². The lowest BCUT2D eigenvalue weighted by atomic mass is 10.0.